The molecule has 1 aliphatic carbocycles. The topological polar surface area (TPSA) is 55.4 Å². The van der Waals surface area contributed by atoms with Gasteiger partial charge in [-0.25, -0.2) is 29.3 Å². The molecule has 0 amide bonds. The van der Waals surface area contributed by atoms with Crippen molar-refractivity contribution in [3.63, 3.8) is 0 Å². The fourth-order valence-electron chi connectivity index (χ4n) is 4.45. The van der Waals surface area contributed by atoms with E-state index in [0.717, 1.165) is 50.5 Å². The fourth-order valence-corrected chi connectivity index (χ4v) is 4.45. The Balaban J connectivity index is 0.000000434. The molecule has 6 heteroatoms. The Morgan fingerprint density at radius 1 is 0.641 bits per heavy atom. The van der Waals surface area contributed by atoms with E-state index in [4.69, 9.17) is 29.3 Å². The first kappa shape index (κ1) is 35.5. The molecule has 0 saturated carbocycles. The van der Waals surface area contributed by atoms with Crippen molar-refractivity contribution in [2.75, 3.05) is 19.8 Å². The number of hydrogen-bond donors (Lipinski definition) is 0. The summed E-state index contributed by atoms with van der Waals surface area (Å²) in [6, 6.07) is 10.1. The molecular formula is C33H56O6. The predicted octanol–water partition coefficient (Wildman–Crippen LogP) is 9.21. The third-order valence-electron chi connectivity index (χ3n) is 7.23. The Kier molecular flexibility index (Phi) is 16.4. The fraction of sp³-hybridized carbons (Fsp3) is 0.697. The second kappa shape index (κ2) is 18.0. The van der Waals surface area contributed by atoms with Crippen LogP contribution in [0, 0.1) is 5.41 Å². The van der Waals surface area contributed by atoms with Crippen LogP contribution in [0.15, 0.2) is 54.6 Å². The van der Waals surface area contributed by atoms with Gasteiger partial charge in [0.2, 0.25) is 0 Å². The van der Waals surface area contributed by atoms with Gasteiger partial charge in [0.1, 0.15) is 16.8 Å². The van der Waals surface area contributed by atoms with Gasteiger partial charge in [-0.2, -0.15) is 0 Å². The third-order valence-corrected chi connectivity index (χ3v) is 7.23. The minimum absolute atomic E-state index is 0.380. The molecule has 1 aliphatic rings. The van der Waals surface area contributed by atoms with Crippen LogP contribution in [0.3, 0.4) is 0 Å². The van der Waals surface area contributed by atoms with Gasteiger partial charge in [0.25, 0.3) is 0 Å². The maximum atomic E-state index is 5.87. The average molecular weight is 549 g/mol. The SMILES string of the molecule is CCCCOOC(C)(C)C1(C(C)(C)OOCCCC)C=CC=CC1.CCCCOOC(C)(C)c1ccccc1. The molecule has 0 unspecified atom stereocenters. The monoisotopic (exact) mass is 548 g/mol. The Morgan fingerprint density at radius 2 is 1.10 bits per heavy atom. The molecular weight excluding hydrogens is 492 g/mol. The van der Waals surface area contributed by atoms with Crippen LogP contribution >= 0.6 is 0 Å². The Bertz CT molecular complexity index is 789. The van der Waals surface area contributed by atoms with Crippen LogP contribution in [-0.2, 0) is 34.9 Å². The van der Waals surface area contributed by atoms with Gasteiger partial charge in [0.05, 0.1) is 25.2 Å². The van der Waals surface area contributed by atoms with Gasteiger partial charge in [-0.15, -0.1) is 0 Å². The molecule has 0 fully saturated rings. The minimum Gasteiger partial charge on any atom is -0.236 e. The van der Waals surface area contributed by atoms with Crippen molar-refractivity contribution in [2.45, 2.75) is 124 Å². The van der Waals surface area contributed by atoms with Crippen LogP contribution in [0.25, 0.3) is 0 Å². The summed E-state index contributed by atoms with van der Waals surface area (Å²) in [7, 11) is 0. The van der Waals surface area contributed by atoms with Gasteiger partial charge >= 0.3 is 0 Å². The molecule has 224 valence electrons. The standard InChI is InChI=1S/C20H36O4.C13H20O2/c1-7-9-16-21-23-18(3,4)20(14-12-11-13-15-20)19(5,6)24-22-17-10-8-2;1-4-5-11-14-15-13(2,3)12-9-7-6-8-10-12/h11-14H,7-10,15-17H2,1-6H3;6-10H,4-5,11H2,1-3H3. The number of benzene rings is 1. The van der Waals surface area contributed by atoms with Crippen molar-refractivity contribution < 1.29 is 29.3 Å². The lowest BCUT2D eigenvalue weighted by atomic mass is 9.60. The normalized spacial score (nSPS) is 15.2. The van der Waals surface area contributed by atoms with Crippen LogP contribution in [0.4, 0.5) is 0 Å². The highest BCUT2D eigenvalue weighted by molar-refractivity contribution is 5.25. The molecule has 0 saturated heterocycles. The van der Waals surface area contributed by atoms with Crippen molar-refractivity contribution in [1.29, 1.82) is 0 Å². The first-order chi connectivity index (χ1) is 18.5. The molecule has 0 atom stereocenters. The van der Waals surface area contributed by atoms with E-state index in [1.807, 2.05) is 44.2 Å². The van der Waals surface area contributed by atoms with E-state index in [1.165, 1.54) is 0 Å². The summed E-state index contributed by atoms with van der Waals surface area (Å²) >= 11 is 0. The third kappa shape index (κ3) is 11.5. The highest BCUT2D eigenvalue weighted by Crippen LogP contribution is 2.51. The summed E-state index contributed by atoms with van der Waals surface area (Å²) in [5.41, 5.74) is -0.789. The molecule has 0 radical (unpaired) electrons. The molecule has 0 N–H and O–H groups in total. The second-order valence-corrected chi connectivity index (χ2v) is 11.6. The van der Waals surface area contributed by atoms with Gasteiger partial charge in [0.15, 0.2) is 0 Å². The van der Waals surface area contributed by atoms with Crippen molar-refractivity contribution in [2.24, 2.45) is 5.41 Å². The predicted molar refractivity (Wildman–Crippen MR) is 159 cm³/mol. The molecule has 6 nitrogen and oxygen atoms in total. The van der Waals surface area contributed by atoms with Gasteiger partial charge in [0, 0.05) is 0 Å². The Labute approximate surface area is 238 Å². The van der Waals surface area contributed by atoms with Crippen LogP contribution in [0.2, 0.25) is 0 Å². The summed E-state index contributed by atoms with van der Waals surface area (Å²) in [5, 5.41) is 0. The van der Waals surface area contributed by atoms with E-state index in [9.17, 15) is 0 Å². The molecule has 0 heterocycles. The van der Waals surface area contributed by atoms with Crippen molar-refractivity contribution in [1.82, 2.24) is 0 Å². The maximum Gasteiger partial charge on any atom is 0.123 e. The average Bonchev–Trinajstić information content (AvgIpc) is 2.93. The highest BCUT2D eigenvalue weighted by Gasteiger charge is 2.56. The first-order valence-corrected chi connectivity index (χ1v) is 14.8. The van der Waals surface area contributed by atoms with E-state index in [1.54, 1.807) is 0 Å². The molecule has 0 bridgehead atoms. The van der Waals surface area contributed by atoms with Crippen molar-refractivity contribution >= 4 is 0 Å². The molecule has 1 aromatic rings. The van der Waals surface area contributed by atoms with Crippen LogP contribution < -0.4 is 0 Å². The number of allylic oxidation sites excluding steroid dienone is 3. The van der Waals surface area contributed by atoms with Gasteiger partial charge in [-0.3, -0.25) is 0 Å². The van der Waals surface area contributed by atoms with Gasteiger partial charge in [-0.05, 0) is 72.8 Å². The Hall–Kier alpha value is -1.54. The molecule has 2 rings (SSSR count). The number of hydrogen-bond acceptors (Lipinski definition) is 6. The largest absolute Gasteiger partial charge is 0.236 e. The lowest BCUT2D eigenvalue weighted by molar-refractivity contribution is -0.422. The zero-order valence-corrected chi connectivity index (χ0v) is 26.2. The smallest absolute Gasteiger partial charge is 0.123 e. The summed E-state index contributed by atoms with van der Waals surface area (Å²) in [4.78, 5) is 33.3. The van der Waals surface area contributed by atoms with Crippen molar-refractivity contribution in [3.05, 3.63) is 60.2 Å². The lowest BCUT2D eigenvalue weighted by Gasteiger charge is -2.52. The first-order valence-electron chi connectivity index (χ1n) is 14.8. The zero-order valence-electron chi connectivity index (χ0n) is 26.2. The van der Waals surface area contributed by atoms with E-state index < -0.39 is 16.6 Å². The quantitative estimate of drug-likeness (QED) is 0.104. The Morgan fingerprint density at radius 3 is 1.51 bits per heavy atom. The summed E-state index contributed by atoms with van der Waals surface area (Å²) in [5.74, 6) is 0. The zero-order chi connectivity index (χ0) is 29.3. The second-order valence-electron chi connectivity index (χ2n) is 11.6. The van der Waals surface area contributed by atoms with E-state index in [0.29, 0.717) is 19.8 Å². The number of unbranched alkanes of at least 4 members (excludes halogenated alkanes) is 3. The lowest BCUT2D eigenvalue weighted by Crippen LogP contribution is -2.58. The van der Waals surface area contributed by atoms with E-state index in [2.05, 4.69) is 72.8 Å². The summed E-state index contributed by atoms with van der Waals surface area (Å²) in [6.07, 6.45) is 15.5. The molecule has 0 aliphatic heterocycles. The molecule has 0 spiro atoms. The van der Waals surface area contributed by atoms with E-state index >= 15 is 0 Å². The summed E-state index contributed by atoms with van der Waals surface area (Å²) in [6.45, 7) is 20.5. The summed E-state index contributed by atoms with van der Waals surface area (Å²) < 4.78 is 0. The highest BCUT2D eigenvalue weighted by atomic mass is 17.2. The maximum absolute atomic E-state index is 5.87. The van der Waals surface area contributed by atoms with E-state index in [-0.39, 0.29) is 5.60 Å². The number of rotatable bonds is 18. The minimum atomic E-state index is -0.570. The van der Waals surface area contributed by atoms with Crippen LogP contribution in [-0.4, -0.2) is 31.0 Å². The van der Waals surface area contributed by atoms with Crippen molar-refractivity contribution in [3.8, 4) is 0 Å². The van der Waals surface area contributed by atoms with Gasteiger partial charge in [-0.1, -0.05) is 94.7 Å². The van der Waals surface area contributed by atoms with Gasteiger partial charge < -0.3 is 0 Å². The van der Waals surface area contributed by atoms with Crippen LogP contribution in [0.5, 0.6) is 0 Å². The molecule has 0 aromatic heterocycles. The molecule has 39 heavy (non-hydrogen) atoms. The molecule has 1 aromatic carbocycles. The van der Waals surface area contributed by atoms with Crippen LogP contribution in [0.1, 0.15) is 113 Å².